The zero-order valence-electron chi connectivity index (χ0n) is 8.57. The summed E-state index contributed by atoms with van der Waals surface area (Å²) in [6, 6.07) is 10.3. The predicted molar refractivity (Wildman–Crippen MR) is 57.6 cm³/mol. The molecule has 0 aliphatic rings. The average molecular weight is 194 g/mol. The van der Waals surface area contributed by atoms with Crippen LogP contribution >= 0.6 is 0 Å². The third kappa shape index (κ3) is 3.46. The molecule has 1 atom stereocenters. The molecule has 0 radical (unpaired) electrons. The first-order valence-electron chi connectivity index (χ1n) is 4.97. The molecule has 78 valence electrons. The molecule has 0 saturated carbocycles. The van der Waals surface area contributed by atoms with Gasteiger partial charge in [0.25, 0.3) is 0 Å². The van der Waals surface area contributed by atoms with Crippen molar-refractivity contribution in [1.82, 2.24) is 5.43 Å². The molecule has 1 aromatic rings. The van der Waals surface area contributed by atoms with E-state index in [1.807, 2.05) is 25.1 Å². The monoisotopic (exact) mass is 194 g/mol. The predicted octanol–water partition coefficient (Wildman–Crippen LogP) is 1.62. The first-order valence-corrected chi connectivity index (χ1v) is 4.97. The zero-order valence-corrected chi connectivity index (χ0v) is 8.57. The van der Waals surface area contributed by atoms with Crippen LogP contribution in [-0.2, 0) is 4.74 Å². The van der Waals surface area contributed by atoms with E-state index in [0.717, 1.165) is 19.6 Å². The van der Waals surface area contributed by atoms with Crippen molar-refractivity contribution in [1.29, 1.82) is 0 Å². The Morgan fingerprint density at radius 3 is 2.64 bits per heavy atom. The van der Waals surface area contributed by atoms with E-state index < -0.39 is 0 Å². The Morgan fingerprint density at radius 1 is 1.36 bits per heavy atom. The summed E-state index contributed by atoms with van der Waals surface area (Å²) < 4.78 is 5.29. The van der Waals surface area contributed by atoms with Gasteiger partial charge in [-0.05, 0) is 18.9 Å². The van der Waals surface area contributed by atoms with Gasteiger partial charge in [0.05, 0.1) is 0 Å². The molecule has 1 aromatic carbocycles. The lowest BCUT2D eigenvalue weighted by Gasteiger charge is -2.15. The van der Waals surface area contributed by atoms with E-state index in [-0.39, 0.29) is 6.04 Å². The van der Waals surface area contributed by atoms with Crippen LogP contribution in [-0.4, -0.2) is 13.2 Å². The normalized spacial score (nSPS) is 12.7. The van der Waals surface area contributed by atoms with Crippen LogP contribution in [0.3, 0.4) is 0 Å². The Hall–Kier alpha value is -0.900. The summed E-state index contributed by atoms with van der Waals surface area (Å²) in [6.07, 6.45) is 0.897. The Morgan fingerprint density at radius 2 is 2.07 bits per heavy atom. The summed E-state index contributed by atoms with van der Waals surface area (Å²) in [5, 5.41) is 0. The minimum Gasteiger partial charge on any atom is -0.382 e. The van der Waals surface area contributed by atoms with Gasteiger partial charge in [-0.25, -0.2) is 0 Å². The van der Waals surface area contributed by atoms with Crippen molar-refractivity contribution in [3.63, 3.8) is 0 Å². The molecule has 3 nitrogen and oxygen atoms in total. The fourth-order valence-corrected chi connectivity index (χ4v) is 1.38. The highest BCUT2D eigenvalue weighted by molar-refractivity contribution is 5.18. The van der Waals surface area contributed by atoms with E-state index in [1.165, 1.54) is 5.56 Å². The molecular formula is C11H18N2O. The molecule has 14 heavy (non-hydrogen) atoms. The van der Waals surface area contributed by atoms with Gasteiger partial charge in [-0.3, -0.25) is 11.3 Å². The topological polar surface area (TPSA) is 47.3 Å². The van der Waals surface area contributed by atoms with Crippen LogP contribution in [0.5, 0.6) is 0 Å². The minimum atomic E-state index is 0.183. The average Bonchev–Trinajstić information content (AvgIpc) is 2.26. The summed E-state index contributed by atoms with van der Waals surface area (Å²) in [4.78, 5) is 0. The van der Waals surface area contributed by atoms with Gasteiger partial charge in [0, 0.05) is 19.3 Å². The van der Waals surface area contributed by atoms with Crippen molar-refractivity contribution >= 4 is 0 Å². The number of ether oxygens (including phenoxy) is 1. The Bertz CT molecular complexity index is 238. The summed E-state index contributed by atoms with van der Waals surface area (Å²) >= 11 is 0. The van der Waals surface area contributed by atoms with Crippen molar-refractivity contribution < 1.29 is 4.74 Å². The Balaban J connectivity index is 2.46. The van der Waals surface area contributed by atoms with Gasteiger partial charge in [-0.1, -0.05) is 30.3 Å². The number of rotatable bonds is 6. The first-order chi connectivity index (χ1) is 6.88. The lowest BCUT2D eigenvalue weighted by Crippen LogP contribution is -2.28. The molecule has 0 spiro atoms. The molecule has 0 amide bonds. The van der Waals surface area contributed by atoms with Gasteiger partial charge in [0.1, 0.15) is 0 Å². The van der Waals surface area contributed by atoms with Gasteiger partial charge in [0.2, 0.25) is 0 Å². The van der Waals surface area contributed by atoms with Crippen LogP contribution in [0.1, 0.15) is 24.9 Å². The van der Waals surface area contributed by atoms with Crippen LogP contribution in [0.2, 0.25) is 0 Å². The molecule has 0 aliphatic heterocycles. The SMILES string of the molecule is CCOCCC(NN)c1ccccc1. The number of hydrazine groups is 1. The Kier molecular flexibility index (Phi) is 5.22. The quantitative estimate of drug-likeness (QED) is 0.411. The van der Waals surface area contributed by atoms with Crippen molar-refractivity contribution in [2.75, 3.05) is 13.2 Å². The van der Waals surface area contributed by atoms with E-state index >= 15 is 0 Å². The smallest absolute Gasteiger partial charge is 0.0484 e. The number of hydrogen-bond donors (Lipinski definition) is 2. The fourth-order valence-electron chi connectivity index (χ4n) is 1.38. The highest BCUT2D eigenvalue weighted by Crippen LogP contribution is 2.14. The van der Waals surface area contributed by atoms with Gasteiger partial charge in [0.15, 0.2) is 0 Å². The van der Waals surface area contributed by atoms with E-state index in [1.54, 1.807) is 0 Å². The van der Waals surface area contributed by atoms with Crippen LogP contribution in [0.15, 0.2) is 30.3 Å². The molecule has 0 aromatic heterocycles. The van der Waals surface area contributed by atoms with Crippen molar-refractivity contribution in [3.8, 4) is 0 Å². The summed E-state index contributed by atoms with van der Waals surface area (Å²) in [5.74, 6) is 5.48. The van der Waals surface area contributed by atoms with Gasteiger partial charge in [-0.15, -0.1) is 0 Å². The van der Waals surface area contributed by atoms with Gasteiger partial charge >= 0.3 is 0 Å². The molecule has 3 heteroatoms. The molecule has 0 fully saturated rings. The number of hydrogen-bond acceptors (Lipinski definition) is 3. The van der Waals surface area contributed by atoms with Crippen molar-refractivity contribution in [2.24, 2.45) is 5.84 Å². The molecule has 0 bridgehead atoms. The number of benzene rings is 1. The van der Waals surface area contributed by atoms with Crippen molar-refractivity contribution in [3.05, 3.63) is 35.9 Å². The molecule has 1 unspecified atom stereocenters. The van der Waals surface area contributed by atoms with Crippen molar-refractivity contribution in [2.45, 2.75) is 19.4 Å². The zero-order chi connectivity index (χ0) is 10.2. The lowest BCUT2D eigenvalue weighted by atomic mass is 10.1. The highest BCUT2D eigenvalue weighted by atomic mass is 16.5. The van der Waals surface area contributed by atoms with E-state index in [9.17, 15) is 0 Å². The third-order valence-electron chi connectivity index (χ3n) is 2.16. The third-order valence-corrected chi connectivity index (χ3v) is 2.16. The van der Waals surface area contributed by atoms with Gasteiger partial charge in [-0.2, -0.15) is 0 Å². The molecule has 3 N–H and O–H groups in total. The fraction of sp³-hybridized carbons (Fsp3) is 0.455. The second kappa shape index (κ2) is 6.54. The second-order valence-electron chi connectivity index (χ2n) is 3.12. The van der Waals surface area contributed by atoms with Crippen LogP contribution in [0.25, 0.3) is 0 Å². The maximum atomic E-state index is 5.48. The summed E-state index contributed by atoms with van der Waals surface area (Å²) in [7, 11) is 0. The number of nitrogens with two attached hydrogens (primary N) is 1. The van der Waals surface area contributed by atoms with Gasteiger partial charge < -0.3 is 4.74 Å². The standard InChI is InChI=1S/C11H18N2O/c1-2-14-9-8-11(13-12)10-6-4-3-5-7-10/h3-7,11,13H,2,8-9,12H2,1H3. The molecule has 0 aliphatic carbocycles. The maximum absolute atomic E-state index is 5.48. The van der Waals surface area contributed by atoms with Crippen LogP contribution in [0, 0.1) is 0 Å². The number of nitrogens with one attached hydrogen (secondary N) is 1. The van der Waals surface area contributed by atoms with Crippen LogP contribution in [0.4, 0.5) is 0 Å². The maximum Gasteiger partial charge on any atom is 0.0484 e. The highest BCUT2D eigenvalue weighted by Gasteiger charge is 2.07. The van der Waals surface area contributed by atoms with E-state index in [4.69, 9.17) is 10.6 Å². The first kappa shape index (κ1) is 11.2. The molecule has 0 saturated heterocycles. The van der Waals surface area contributed by atoms with E-state index in [0.29, 0.717) is 0 Å². The Labute approximate surface area is 85.2 Å². The summed E-state index contributed by atoms with van der Waals surface area (Å²) in [5.41, 5.74) is 4.00. The lowest BCUT2D eigenvalue weighted by molar-refractivity contribution is 0.136. The minimum absolute atomic E-state index is 0.183. The molecular weight excluding hydrogens is 176 g/mol. The largest absolute Gasteiger partial charge is 0.382 e. The second-order valence-corrected chi connectivity index (χ2v) is 3.12. The molecule has 1 rings (SSSR count). The van der Waals surface area contributed by atoms with Crippen LogP contribution < -0.4 is 11.3 Å². The summed E-state index contributed by atoms with van der Waals surface area (Å²) in [6.45, 7) is 3.49. The molecule has 0 heterocycles. The van der Waals surface area contributed by atoms with E-state index in [2.05, 4.69) is 17.6 Å².